The van der Waals surface area contributed by atoms with Gasteiger partial charge in [0.05, 0.1) is 13.0 Å². The van der Waals surface area contributed by atoms with E-state index in [1.807, 2.05) is 0 Å². The van der Waals surface area contributed by atoms with Gasteiger partial charge in [0.25, 0.3) is 0 Å². The van der Waals surface area contributed by atoms with Gasteiger partial charge < -0.3 is 48.5 Å². The third-order valence-corrected chi connectivity index (χ3v) is 6.76. The van der Waals surface area contributed by atoms with E-state index in [1.165, 1.54) is 11.9 Å². The summed E-state index contributed by atoms with van der Waals surface area (Å²) in [7, 11) is 1.41. The van der Waals surface area contributed by atoms with Crippen LogP contribution in [-0.2, 0) is 28.8 Å². The number of hydrogen-bond acceptors (Lipinski definition) is 8. The molecule has 1 unspecified atom stereocenters. The van der Waals surface area contributed by atoms with Crippen LogP contribution in [0.5, 0.6) is 0 Å². The van der Waals surface area contributed by atoms with Gasteiger partial charge in [0.1, 0.15) is 24.2 Å². The number of carbonyl (C=O) groups excluding carboxylic acids is 5. The molecule has 1 aliphatic rings. The Morgan fingerprint density at radius 3 is 2.28 bits per heavy atom. The minimum atomic E-state index is -1.65. The minimum absolute atomic E-state index is 0.104. The van der Waals surface area contributed by atoms with Crippen LogP contribution >= 0.6 is 0 Å². The molecule has 0 spiro atoms. The molecule has 1 heterocycles. The van der Waals surface area contributed by atoms with Crippen LogP contribution in [0.2, 0.25) is 0 Å². The zero-order valence-electron chi connectivity index (χ0n) is 24.1. The SMILES string of the molecule is CN1C(=O)[C@H](CCCN=C(N)N)NC(=O)CNC(=O)C[C@@H](C(=O)O)NC(=O)[C@@H](c2ccccc2)NC(=O)C1CCCCN. The van der Waals surface area contributed by atoms with Crippen molar-refractivity contribution >= 4 is 41.5 Å². The summed E-state index contributed by atoms with van der Waals surface area (Å²) >= 11 is 0. The molecule has 1 saturated heterocycles. The van der Waals surface area contributed by atoms with Gasteiger partial charge in [0, 0.05) is 13.6 Å². The molecule has 16 heteroatoms. The highest BCUT2D eigenvalue weighted by Crippen LogP contribution is 2.17. The standard InChI is InChI=1S/C27H41N9O7/c1-36-19(11-5-6-12-28)23(39)35-22(16-8-3-2-4-9-16)24(40)34-18(26(42)43)14-20(37)32-15-21(38)33-17(25(36)41)10-7-13-31-27(29)30/h2-4,8-9,17-19,22H,5-7,10-15,28H2,1H3,(H,32,37)(H,33,38)(H,34,40)(H,35,39)(H,42,43)(H4,29,30,31)/t17-,18-,19?,22+/m0/s1. The third-order valence-electron chi connectivity index (χ3n) is 6.76. The molecule has 11 N–H and O–H groups in total. The number of guanidine groups is 1. The van der Waals surface area contributed by atoms with Gasteiger partial charge in [-0.2, -0.15) is 0 Å². The maximum Gasteiger partial charge on any atom is 0.326 e. The number of aliphatic carboxylic acids is 1. The monoisotopic (exact) mass is 603 g/mol. The molecule has 0 bridgehead atoms. The number of amides is 5. The first kappa shape index (κ1) is 34.5. The molecule has 0 radical (unpaired) electrons. The summed E-state index contributed by atoms with van der Waals surface area (Å²) in [5, 5.41) is 19.5. The maximum atomic E-state index is 13.7. The highest BCUT2D eigenvalue weighted by atomic mass is 16.4. The van der Waals surface area contributed by atoms with Gasteiger partial charge in [-0.3, -0.25) is 29.0 Å². The average Bonchev–Trinajstić information content (AvgIpc) is 2.97. The number of hydrogen-bond donors (Lipinski definition) is 8. The summed E-state index contributed by atoms with van der Waals surface area (Å²) in [5.41, 5.74) is 16.7. The van der Waals surface area contributed by atoms with Crippen molar-refractivity contribution in [3.05, 3.63) is 35.9 Å². The number of nitrogens with two attached hydrogens (primary N) is 3. The zero-order valence-corrected chi connectivity index (χ0v) is 24.1. The highest BCUT2D eigenvalue weighted by molar-refractivity contribution is 5.97. The van der Waals surface area contributed by atoms with E-state index in [0.717, 1.165) is 0 Å². The number of benzene rings is 1. The molecule has 1 aromatic rings. The van der Waals surface area contributed by atoms with Crippen LogP contribution in [0.25, 0.3) is 0 Å². The molecule has 1 aromatic carbocycles. The number of nitrogens with zero attached hydrogens (tertiary/aromatic N) is 2. The fourth-order valence-electron chi connectivity index (χ4n) is 4.46. The second-order valence-corrected chi connectivity index (χ2v) is 10.1. The van der Waals surface area contributed by atoms with Crippen LogP contribution in [0, 0.1) is 0 Å². The average molecular weight is 604 g/mol. The predicted molar refractivity (Wildman–Crippen MR) is 156 cm³/mol. The largest absolute Gasteiger partial charge is 0.480 e. The fraction of sp³-hybridized carbons (Fsp3) is 0.519. The normalized spacial score (nSPS) is 22.6. The molecule has 0 saturated carbocycles. The molecule has 4 atom stereocenters. The van der Waals surface area contributed by atoms with Crippen molar-refractivity contribution in [3.8, 4) is 0 Å². The van der Waals surface area contributed by atoms with Crippen molar-refractivity contribution in [2.24, 2.45) is 22.2 Å². The van der Waals surface area contributed by atoms with Crippen molar-refractivity contribution in [2.75, 3.05) is 26.7 Å². The first-order valence-electron chi connectivity index (χ1n) is 13.9. The number of aliphatic imine (C=N–C) groups is 1. The first-order valence-corrected chi connectivity index (χ1v) is 13.9. The van der Waals surface area contributed by atoms with E-state index in [1.54, 1.807) is 30.3 Å². The van der Waals surface area contributed by atoms with Crippen LogP contribution in [0.3, 0.4) is 0 Å². The Labute approximate surface area is 249 Å². The molecule has 2 rings (SSSR count). The topological polar surface area (TPSA) is 264 Å². The van der Waals surface area contributed by atoms with Gasteiger partial charge in [-0.15, -0.1) is 0 Å². The van der Waals surface area contributed by atoms with E-state index in [4.69, 9.17) is 17.2 Å². The predicted octanol–water partition coefficient (Wildman–Crippen LogP) is -2.57. The van der Waals surface area contributed by atoms with E-state index >= 15 is 0 Å². The number of nitrogens with one attached hydrogen (secondary N) is 4. The van der Waals surface area contributed by atoms with Gasteiger partial charge in [-0.25, -0.2) is 4.79 Å². The molecule has 1 fully saturated rings. The number of rotatable bonds is 10. The molecule has 0 aromatic heterocycles. The molecule has 43 heavy (non-hydrogen) atoms. The van der Waals surface area contributed by atoms with E-state index in [0.29, 0.717) is 31.4 Å². The molecule has 5 amide bonds. The Balaban J connectivity index is 2.51. The van der Waals surface area contributed by atoms with E-state index in [9.17, 15) is 33.9 Å². The Bertz CT molecular complexity index is 1170. The van der Waals surface area contributed by atoms with Gasteiger partial charge in [0.15, 0.2) is 5.96 Å². The second kappa shape index (κ2) is 17.3. The lowest BCUT2D eigenvalue weighted by molar-refractivity contribution is -0.145. The van der Waals surface area contributed by atoms with Crippen molar-refractivity contribution in [3.63, 3.8) is 0 Å². The minimum Gasteiger partial charge on any atom is -0.480 e. The van der Waals surface area contributed by atoms with Crippen LogP contribution in [0.15, 0.2) is 35.3 Å². The third kappa shape index (κ3) is 11.2. The van der Waals surface area contributed by atoms with Crippen molar-refractivity contribution < 1.29 is 33.9 Å². The number of carboxylic acids is 1. The van der Waals surface area contributed by atoms with Crippen molar-refractivity contribution in [1.82, 2.24) is 26.2 Å². The number of likely N-dealkylation sites (N-methyl/N-ethyl adjacent to an activating group) is 1. The van der Waals surface area contributed by atoms with Gasteiger partial charge in [0.2, 0.25) is 29.5 Å². The lowest BCUT2D eigenvalue weighted by atomic mass is 10.0. The zero-order chi connectivity index (χ0) is 31.9. The van der Waals surface area contributed by atoms with Gasteiger partial charge >= 0.3 is 5.97 Å². The molecule has 1 aliphatic heterocycles. The lowest BCUT2D eigenvalue weighted by Gasteiger charge is -2.32. The summed E-state index contributed by atoms with van der Waals surface area (Å²) in [6, 6.07) is 2.95. The number of carboxylic acid groups (broad SMARTS) is 1. The highest BCUT2D eigenvalue weighted by Gasteiger charge is 2.35. The Hall–Kier alpha value is -4.73. The Kier molecular flexibility index (Phi) is 13.9. The number of carbonyl (C=O) groups is 6. The maximum absolute atomic E-state index is 13.7. The van der Waals surface area contributed by atoms with Crippen LogP contribution in [-0.4, -0.2) is 96.3 Å². The molecule has 236 valence electrons. The molecule has 0 aliphatic carbocycles. The molecular weight excluding hydrogens is 562 g/mol. The van der Waals surface area contributed by atoms with E-state index in [2.05, 4.69) is 26.3 Å². The smallest absolute Gasteiger partial charge is 0.326 e. The lowest BCUT2D eigenvalue weighted by Crippen LogP contribution is -2.57. The summed E-state index contributed by atoms with van der Waals surface area (Å²) in [6.07, 6.45) is 0.949. The summed E-state index contributed by atoms with van der Waals surface area (Å²) in [6.45, 7) is -0.0340. The van der Waals surface area contributed by atoms with Gasteiger partial charge in [-0.1, -0.05) is 30.3 Å². The molecular formula is C27H41N9O7. The summed E-state index contributed by atoms with van der Waals surface area (Å²) in [4.78, 5) is 83.0. The van der Waals surface area contributed by atoms with Crippen LogP contribution < -0.4 is 38.5 Å². The van der Waals surface area contributed by atoms with E-state index in [-0.39, 0.29) is 25.3 Å². The van der Waals surface area contributed by atoms with Crippen LogP contribution in [0.1, 0.15) is 50.1 Å². The summed E-state index contributed by atoms with van der Waals surface area (Å²) in [5.74, 6) is -5.33. The van der Waals surface area contributed by atoms with E-state index < -0.39 is 72.6 Å². The van der Waals surface area contributed by atoms with Crippen molar-refractivity contribution in [1.29, 1.82) is 0 Å². The second-order valence-electron chi connectivity index (χ2n) is 10.1. The summed E-state index contributed by atoms with van der Waals surface area (Å²) < 4.78 is 0. The van der Waals surface area contributed by atoms with Crippen molar-refractivity contribution in [2.45, 2.75) is 62.7 Å². The molecule has 16 nitrogen and oxygen atoms in total. The first-order chi connectivity index (χ1) is 20.4. The van der Waals surface area contributed by atoms with Gasteiger partial charge in [-0.05, 0) is 44.2 Å². The Morgan fingerprint density at radius 2 is 1.65 bits per heavy atom. The number of unbranched alkanes of at least 4 members (excludes halogenated alkanes) is 1. The fourth-order valence-corrected chi connectivity index (χ4v) is 4.46. The quantitative estimate of drug-likeness (QED) is 0.0786. The van der Waals surface area contributed by atoms with Crippen LogP contribution in [0.4, 0.5) is 0 Å². The Morgan fingerprint density at radius 1 is 0.953 bits per heavy atom.